The quantitative estimate of drug-likeness (QED) is 0.397. The second kappa shape index (κ2) is 8.91. The first-order valence-electron chi connectivity index (χ1n) is 10.5. The summed E-state index contributed by atoms with van der Waals surface area (Å²) >= 11 is 0. The highest BCUT2D eigenvalue weighted by Crippen LogP contribution is 2.26. The van der Waals surface area contributed by atoms with Gasteiger partial charge in [0.2, 0.25) is 0 Å². The molecule has 0 bridgehead atoms. The number of rotatable bonds is 7. The zero-order valence-electron chi connectivity index (χ0n) is 18.2. The Morgan fingerprint density at radius 2 is 2.00 bits per heavy atom. The number of pyridine rings is 2. The van der Waals surface area contributed by atoms with E-state index in [-0.39, 0.29) is 25.3 Å². The fourth-order valence-corrected chi connectivity index (χ4v) is 3.77. The van der Waals surface area contributed by atoms with Crippen LogP contribution in [-0.2, 0) is 13.2 Å². The Bertz CT molecular complexity index is 1560. The molecule has 5 aromatic rings. The van der Waals surface area contributed by atoms with E-state index in [4.69, 9.17) is 9.47 Å². The number of aromatic nitrogens is 5. The molecule has 5 rings (SSSR count). The van der Waals surface area contributed by atoms with Gasteiger partial charge in [0.05, 0.1) is 37.5 Å². The minimum atomic E-state index is -0.408. The minimum absolute atomic E-state index is 0.159. The zero-order valence-corrected chi connectivity index (χ0v) is 18.2. The van der Waals surface area contributed by atoms with E-state index in [1.807, 2.05) is 0 Å². The van der Waals surface area contributed by atoms with E-state index in [9.17, 15) is 14.3 Å². The van der Waals surface area contributed by atoms with Gasteiger partial charge in [0, 0.05) is 41.5 Å². The molecule has 0 radical (unpaired) electrons. The van der Waals surface area contributed by atoms with Crippen LogP contribution in [0.3, 0.4) is 0 Å². The van der Waals surface area contributed by atoms with Crippen molar-refractivity contribution in [1.29, 1.82) is 0 Å². The topological polar surface area (TPSA) is 104 Å². The van der Waals surface area contributed by atoms with Crippen molar-refractivity contribution < 1.29 is 19.0 Å². The Hall–Kier alpha value is -4.31. The third kappa shape index (κ3) is 3.95. The van der Waals surface area contributed by atoms with E-state index in [2.05, 4.69) is 15.1 Å². The molecule has 0 aliphatic heterocycles. The fourth-order valence-electron chi connectivity index (χ4n) is 3.77. The van der Waals surface area contributed by atoms with Gasteiger partial charge in [-0.25, -0.2) is 14.1 Å². The maximum Gasteiger partial charge on any atom is 0.266 e. The highest BCUT2D eigenvalue weighted by molar-refractivity contribution is 5.85. The molecular weight excluding hydrogens is 441 g/mol. The highest BCUT2D eigenvalue weighted by Gasteiger charge is 2.13. The van der Waals surface area contributed by atoms with Crippen molar-refractivity contribution in [3.63, 3.8) is 0 Å². The smallest absolute Gasteiger partial charge is 0.266 e. The van der Waals surface area contributed by atoms with Crippen LogP contribution in [0.5, 0.6) is 11.5 Å². The maximum atomic E-state index is 13.9. The van der Waals surface area contributed by atoms with Gasteiger partial charge in [0.25, 0.3) is 5.56 Å². The predicted octanol–water partition coefficient (Wildman–Crippen LogP) is 2.85. The summed E-state index contributed by atoms with van der Waals surface area (Å²) in [5, 5.41) is 14.8. The van der Waals surface area contributed by atoms with Crippen LogP contribution < -0.4 is 15.0 Å². The van der Waals surface area contributed by atoms with Gasteiger partial charge in [-0.05, 0) is 24.3 Å². The zero-order chi connectivity index (χ0) is 23.7. The molecule has 4 heterocycles. The number of aliphatic hydroxyl groups excluding tert-OH is 1. The van der Waals surface area contributed by atoms with E-state index < -0.39 is 5.82 Å². The number of fused-ring (bicyclic) bond motifs is 2. The molecule has 0 aliphatic carbocycles. The number of benzene rings is 1. The molecule has 4 aromatic heterocycles. The van der Waals surface area contributed by atoms with Gasteiger partial charge in [0.15, 0.2) is 5.82 Å². The van der Waals surface area contributed by atoms with Gasteiger partial charge in [-0.3, -0.25) is 14.3 Å². The monoisotopic (exact) mass is 461 g/mol. The SMILES string of the molecule is COc1cnc2c(OCCn3nc(-n4cc(CO)c5ccc(F)cc54)ccc3=O)ccnc2c1. The van der Waals surface area contributed by atoms with Crippen molar-refractivity contribution >= 4 is 21.9 Å². The van der Waals surface area contributed by atoms with Crippen molar-refractivity contribution in [2.45, 2.75) is 13.2 Å². The number of hydrogen-bond acceptors (Lipinski definition) is 7. The lowest BCUT2D eigenvalue weighted by atomic mass is 10.2. The van der Waals surface area contributed by atoms with E-state index in [0.717, 1.165) is 0 Å². The number of methoxy groups -OCH3 is 1. The van der Waals surface area contributed by atoms with Crippen LogP contribution in [0.2, 0.25) is 0 Å². The van der Waals surface area contributed by atoms with Crippen LogP contribution in [-0.4, -0.2) is 43.1 Å². The molecule has 0 atom stereocenters. The molecule has 172 valence electrons. The summed E-state index contributed by atoms with van der Waals surface area (Å²) in [6.45, 7) is 0.127. The van der Waals surface area contributed by atoms with E-state index in [0.29, 0.717) is 44.8 Å². The maximum absolute atomic E-state index is 13.9. The standard InChI is InChI=1S/C24H20FN5O4/c1-33-17-11-19-24(27-12-17)21(6-7-26-19)34-9-8-30-23(32)5-4-22(28-30)29-13-15(14-31)18-3-2-16(25)10-20(18)29/h2-7,10-13,31H,8-9,14H2,1H3. The number of halogens is 1. The lowest BCUT2D eigenvalue weighted by Gasteiger charge is -2.11. The molecule has 34 heavy (non-hydrogen) atoms. The molecule has 0 fully saturated rings. The highest BCUT2D eigenvalue weighted by atomic mass is 19.1. The van der Waals surface area contributed by atoms with Crippen LogP contribution in [0.1, 0.15) is 5.56 Å². The summed E-state index contributed by atoms with van der Waals surface area (Å²) in [5.74, 6) is 1.12. The van der Waals surface area contributed by atoms with Crippen LogP contribution in [0, 0.1) is 5.82 Å². The molecule has 10 heteroatoms. The second-order valence-electron chi connectivity index (χ2n) is 7.50. The molecule has 0 saturated heterocycles. The Labute approximate surface area is 192 Å². The average molecular weight is 461 g/mol. The van der Waals surface area contributed by atoms with Crippen LogP contribution in [0.4, 0.5) is 4.39 Å². The molecule has 0 amide bonds. The number of hydrogen-bond donors (Lipinski definition) is 1. The lowest BCUT2D eigenvalue weighted by Crippen LogP contribution is -2.26. The Balaban J connectivity index is 1.41. The van der Waals surface area contributed by atoms with Crippen molar-refractivity contribution in [1.82, 2.24) is 24.3 Å². The van der Waals surface area contributed by atoms with Gasteiger partial charge in [-0.2, -0.15) is 5.10 Å². The average Bonchev–Trinajstić information content (AvgIpc) is 3.22. The molecule has 0 unspecified atom stereocenters. The first-order chi connectivity index (χ1) is 16.6. The summed E-state index contributed by atoms with van der Waals surface area (Å²) in [6, 6.07) is 10.7. The molecule has 0 saturated carbocycles. The molecule has 1 N–H and O–H groups in total. The van der Waals surface area contributed by atoms with E-state index in [1.54, 1.807) is 54.5 Å². The lowest BCUT2D eigenvalue weighted by molar-refractivity contribution is 0.283. The molecule has 1 aromatic carbocycles. The third-order valence-corrected chi connectivity index (χ3v) is 5.43. The third-order valence-electron chi connectivity index (χ3n) is 5.43. The van der Waals surface area contributed by atoms with E-state index in [1.165, 1.54) is 22.9 Å². The van der Waals surface area contributed by atoms with Crippen LogP contribution in [0.15, 0.2) is 65.8 Å². The first-order valence-corrected chi connectivity index (χ1v) is 10.5. The van der Waals surface area contributed by atoms with Crippen molar-refractivity contribution in [2.75, 3.05) is 13.7 Å². The largest absolute Gasteiger partial charge is 0.495 e. The summed E-state index contributed by atoms with van der Waals surface area (Å²) in [6.07, 6.45) is 4.87. The Morgan fingerprint density at radius 3 is 2.82 bits per heavy atom. The molecule has 0 aliphatic rings. The van der Waals surface area contributed by atoms with E-state index >= 15 is 0 Å². The van der Waals surface area contributed by atoms with Crippen LogP contribution in [0.25, 0.3) is 27.8 Å². The molecular formula is C24H20FN5O4. The summed E-state index contributed by atoms with van der Waals surface area (Å²) in [5.41, 5.74) is 2.07. The predicted molar refractivity (Wildman–Crippen MR) is 123 cm³/mol. The Morgan fingerprint density at radius 1 is 1.12 bits per heavy atom. The second-order valence-corrected chi connectivity index (χ2v) is 7.50. The minimum Gasteiger partial charge on any atom is -0.495 e. The number of aliphatic hydroxyl groups is 1. The van der Waals surface area contributed by atoms with Gasteiger partial charge in [0.1, 0.15) is 29.4 Å². The van der Waals surface area contributed by atoms with Crippen molar-refractivity contribution in [2.24, 2.45) is 0 Å². The Kier molecular flexibility index (Phi) is 5.64. The fraction of sp³-hybridized carbons (Fsp3) is 0.167. The van der Waals surface area contributed by atoms with Gasteiger partial charge < -0.3 is 14.6 Å². The summed E-state index contributed by atoms with van der Waals surface area (Å²) in [4.78, 5) is 21.0. The van der Waals surface area contributed by atoms with Crippen molar-refractivity contribution in [3.05, 3.63) is 82.8 Å². The van der Waals surface area contributed by atoms with Crippen LogP contribution >= 0.6 is 0 Å². The van der Waals surface area contributed by atoms with Gasteiger partial charge >= 0.3 is 0 Å². The molecule has 0 spiro atoms. The molecule has 9 nitrogen and oxygen atoms in total. The number of ether oxygens (including phenoxy) is 2. The van der Waals surface area contributed by atoms with Crippen molar-refractivity contribution in [3.8, 4) is 17.3 Å². The number of nitrogens with zero attached hydrogens (tertiary/aromatic N) is 5. The summed E-state index contributed by atoms with van der Waals surface area (Å²) < 4.78 is 27.9. The normalized spacial score (nSPS) is 11.3. The first kappa shape index (κ1) is 21.5. The van der Waals surface area contributed by atoms with Gasteiger partial charge in [-0.1, -0.05) is 0 Å². The van der Waals surface area contributed by atoms with Gasteiger partial charge in [-0.15, -0.1) is 0 Å². The summed E-state index contributed by atoms with van der Waals surface area (Å²) in [7, 11) is 1.56.